The summed E-state index contributed by atoms with van der Waals surface area (Å²) < 4.78 is 5.83. The van der Waals surface area contributed by atoms with Crippen molar-refractivity contribution < 1.29 is 19.1 Å². The van der Waals surface area contributed by atoms with Gasteiger partial charge >= 0.3 is 5.97 Å². The van der Waals surface area contributed by atoms with Crippen molar-refractivity contribution in [2.24, 2.45) is 5.92 Å². The first-order valence-corrected chi connectivity index (χ1v) is 9.21. The van der Waals surface area contributed by atoms with Crippen LogP contribution < -0.4 is 10.6 Å². The summed E-state index contributed by atoms with van der Waals surface area (Å²) in [5.74, 6) is -0.966. The van der Waals surface area contributed by atoms with Gasteiger partial charge in [0, 0.05) is 16.9 Å². The van der Waals surface area contributed by atoms with Gasteiger partial charge in [0.05, 0.1) is 7.11 Å². The minimum Gasteiger partial charge on any atom is -0.467 e. The largest absolute Gasteiger partial charge is 0.467 e. The number of carbonyl (C=O) groups is 3. The quantitative estimate of drug-likeness (QED) is 0.460. The van der Waals surface area contributed by atoms with Crippen molar-refractivity contribution in [3.8, 4) is 0 Å². The Labute approximate surface area is 162 Å². The van der Waals surface area contributed by atoms with Gasteiger partial charge < -0.3 is 15.4 Å². The standard InChI is InChI=1S/C18H25IN2O4/c1-11(2)9-15(20-12(3)22)17(23)21-16(18(24)25-4)10-13-7-5-6-8-14(13)19/h5-8,11,15-16H,9-10H2,1-4H3,(H,20,22)(H,21,23)/t15-,16-/m0/s1. The molecule has 138 valence electrons. The highest BCUT2D eigenvalue weighted by Crippen LogP contribution is 2.14. The van der Waals surface area contributed by atoms with Crippen molar-refractivity contribution in [3.63, 3.8) is 0 Å². The lowest BCUT2D eigenvalue weighted by atomic mass is 10.0. The van der Waals surface area contributed by atoms with E-state index in [1.807, 2.05) is 38.1 Å². The second-order valence-corrected chi connectivity index (χ2v) is 7.42. The third kappa shape index (κ3) is 7.41. The van der Waals surface area contributed by atoms with Crippen LogP contribution in [-0.4, -0.2) is 37.0 Å². The second-order valence-electron chi connectivity index (χ2n) is 6.26. The highest BCUT2D eigenvalue weighted by atomic mass is 127. The van der Waals surface area contributed by atoms with Crippen LogP contribution in [0.25, 0.3) is 0 Å². The van der Waals surface area contributed by atoms with E-state index >= 15 is 0 Å². The molecule has 0 aliphatic carbocycles. The van der Waals surface area contributed by atoms with Gasteiger partial charge in [-0.3, -0.25) is 9.59 Å². The summed E-state index contributed by atoms with van der Waals surface area (Å²) >= 11 is 2.19. The van der Waals surface area contributed by atoms with Crippen LogP contribution in [0.15, 0.2) is 24.3 Å². The number of carbonyl (C=O) groups excluding carboxylic acids is 3. The molecule has 6 nitrogen and oxygen atoms in total. The van der Waals surface area contributed by atoms with E-state index in [1.165, 1.54) is 14.0 Å². The molecular weight excluding hydrogens is 435 g/mol. The van der Waals surface area contributed by atoms with Crippen LogP contribution in [0.1, 0.15) is 32.8 Å². The van der Waals surface area contributed by atoms with E-state index in [9.17, 15) is 14.4 Å². The molecule has 0 heterocycles. The molecule has 0 saturated heterocycles. The van der Waals surface area contributed by atoms with Gasteiger partial charge in [0.15, 0.2) is 0 Å². The summed E-state index contributed by atoms with van der Waals surface area (Å²) in [6.45, 7) is 5.29. The fourth-order valence-corrected chi connectivity index (χ4v) is 3.05. The number of esters is 1. The van der Waals surface area contributed by atoms with Crippen molar-refractivity contribution in [1.82, 2.24) is 10.6 Å². The van der Waals surface area contributed by atoms with Gasteiger partial charge in [-0.1, -0.05) is 32.0 Å². The summed E-state index contributed by atoms with van der Waals surface area (Å²) in [5.41, 5.74) is 0.943. The molecule has 0 radical (unpaired) electrons. The molecule has 2 amide bonds. The van der Waals surface area contributed by atoms with Gasteiger partial charge in [0.2, 0.25) is 11.8 Å². The molecule has 0 unspecified atom stereocenters. The van der Waals surface area contributed by atoms with Gasteiger partial charge in [-0.05, 0) is 46.6 Å². The molecule has 0 aliphatic rings. The van der Waals surface area contributed by atoms with Crippen LogP contribution in [0.2, 0.25) is 0 Å². The molecule has 1 aromatic carbocycles. The Bertz CT molecular complexity index is 619. The Morgan fingerprint density at radius 3 is 2.28 bits per heavy atom. The minimum absolute atomic E-state index is 0.217. The maximum Gasteiger partial charge on any atom is 0.328 e. The summed E-state index contributed by atoms with van der Waals surface area (Å²) in [4.78, 5) is 36.1. The first-order chi connectivity index (χ1) is 11.7. The van der Waals surface area contributed by atoms with Crippen molar-refractivity contribution in [2.45, 2.75) is 45.7 Å². The third-order valence-electron chi connectivity index (χ3n) is 3.59. The number of rotatable bonds is 8. The molecule has 25 heavy (non-hydrogen) atoms. The molecule has 0 bridgehead atoms. The van der Waals surface area contributed by atoms with E-state index in [1.54, 1.807) is 0 Å². The Balaban J connectivity index is 2.92. The first-order valence-electron chi connectivity index (χ1n) is 8.13. The van der Waals surface area contributed by atoms with Crippen LogP contribution in [0.4, 0.5) is 0 Å². The molecular formula is C18H25IN2O4. The maximum absolute atomic E-state index is 12.6. The number of benzene rings is 1. The smallest absolute Gasteiger partial charge is 0.328 e. The molecule has 7 heteroatoms. The first kappa shape index (κ1) is 21.4. The maximum atomic E-state index is 12.6. The number of amides is 2. The fourth-order valence-electron chi connectivity index (χ4n) is 2.44. The predicted molar refractivity (Wildman–Crippen MR) is 104 cm³/mol. The summed E-state index contributed by atoms with van der Waals surface area (Å²) in [6.07, 6.45) is 0.814. The van der Waals surface area contributed by atoms with E-state index in [0.717, 1.165) is 9.13 Å². The number of hydrogen-bond donors (Lipinski definition) is 2. The van der Waals surface area contributed by atoms with Crippen molar-refractivity contribution in [1.29, 1.82) is 0 Å². The lowest BCUT2D eigenvalue weighted by Gasteiger charge is -2.23. The van der Waals surface area contributed by atoms with E-state index in [2.05, 4.69) is 33.2 Å². The predicted octanol–water partition coefficient (Wildman–Crippen LogP) is 2.04. The number of nitrogens with one attached hydrogen (secondary N) is 2. The van der Waals surface area contributed by atoms with Crippen LogP contribution in [-0.2, 0) is 25.5 Å². The van der Waals surface area contributed by atoms with Gasteiger partial charge in [0.1, 0.15) is 12.1 Å². The van der Waals surface area contributed by atoms with Gasteiger partial charge in [-0.2, -0.15) is 0 Å². The van der Waals surface area contributed by atoms with Gasteiger partial charge in [-0.25, -0.2) is 4.79 Å². The van der Waals surface area contributed by atoms with Crippen LogP contribution in [0.5, 0.6) is 0 Å². The third-order valence-corrected chi connectivity index (χ3v) is 4.64. The number of methoxy groups -OCH3 is 1. The van der Waals surface area contributed by atoms with E-state index in [0.29, 0.717) is 12.8 Å². The van der Waals surface area contributed by atoms with Crippen LogP contribution in [0.3, 0.4) is 0 Å². The molecule has 2 atom stereocenters. The molecule has 2 N–H and O–H groups in total. The van der Waals surface area contributed by atoms with E-state index < -0.39 is 18.1 Å². The molecule has 0 aromatic heterocycles. The zero-order valence-electron chi connectivity index (χ0n) is 15.0. The molecule has 0 fully saturated rings. The van der Waals surface area contributed by atoms with E-state index in [-0.39, 0.29) is 17.7 Å². The minimum atomic E-state index is -0.808. The lowest BCUT2D eigenvalue weighted by molar-refractivity contribution is -0.145. The molecule has 0 aliphatic heterocycles. The highest BCUT2D eigenvalue weighted by Gasteiger charge is 2.27. The monoisotopic (exact) mass is 460 g/mol. The summed E-state index contributed by atoms with van der Waals surface area (Å²) in [6, 6.07) is 6.14. The normalized spacial score (nSPS) is 13.0. The van der Waals surface area contributed by atoms with Crippen LogP contribution in [0, 0.1) is 9.49 Å². The topological polar surface area (TPSA) is 84.5 Å². The lowest BCUT2D eigenvalue weighted by Crippen LogP contribution is -2.52. The van der Waals surface area contributed by atoms with E-state index in [4.69, 9.17) is 4.74 Å². The average molecular weight is 460 g/mol. The summed E-state index contributed by atoms with van der Waals surface area (Å²) in [7, 11) is 1.29. The zero-order chi connectivity index (χ0) is 19.0. The SMILES string of the molecule is COC(=O)[C@H](Cc1ccccc1I)NC(=O)[C@H](CC(C)C)NC(C)=O. The zero-order valence-corrected chi connectivity index (χ0v) is 17.1. The van der Waals surface area contributed by atoms with Gasteiger partial charge in [-0.15, -0.1) is 0 Å². The van der Waals surface area contributed by atoms with Crippen LogP contribution >= 0.6 is 22.6 Å². The average Bonchev–Trinajstić information content (AvgIpc) is 2.53. The number of hydrogen-bond acceptors (Lipinski definition) is 4. The Morgan fingerprint density at radius 1 is 1.12 bits per heavy atom. The molecule has 1 rings (SSSR count). The Hall–Kier alpha value is -1.64. The van der Waals surface area contributed by atoms with Gasteiger partial charge in [0.25, 0.3) is 0 Å². The number of halogens is 1. The molecule has 0 spiro atoms. The van der Waals surface area contributed by atoms with Crippen molar-refractivity contribution in [3.05, 3.63) is 33.4 Å². The molecule has 0 saturated carbocycles. The molecule has 1 aromatic rings. The second kappa shape index (κ2) is 10.4. The van der Waals surface area contributed by atoms with Crippen molar-refractivity contribution in [2.75, 3.05) is 7.11 Å². The number of ether oxygens (including phenoxy) is 1. The van der Waals surface area contributed by atoms with Crippen molar-refractivity contribution >= 4 is 40.4 Å². The Morgan fingerprint density at radius 2 is 1.76 bits per heavy atom. The highest BCUT2D eigenvalue weighted by molar-refractivity contribution is 14.1. The Kier molecular flexibility index (Phi) is 8.88. The fraction of sp³-hybridized carbons (Fsp3) is 0.500. The summed E-state index contributed by atoms with van der Waals surface area (Å²) in [5, 5.41) is 5.37.